The third-order valence-electron chi connectivity index (χ3n) is 3.79. The van der Waals surface area contributed by atoms with Gasteiger partial charge in [-0.3, -0.25) is 4.90 Å². The van der Waals surface area contributed by atoms with E-state index in [2.05, 4.69) is 52.3 Å². The maximum Gasteiger partial charge on any atom is 0.138 e. The van der Waals surface area contributed by atoms with Gasteiger partial charge in [0.15, 0.2) is 0 Å². The van der Waals surface area contributed by atoms with Crippen molar-refractivity contribution in [2.45, 2.75) is 26.4 Å². The van der Waals surface area contributed by atoms with Gasteiger partial charge < -0.3 is 5.32 Å². The summed E-state index contributed by atoms with van der Waals surface area (Å²) in [6, 6.07) is 7.16. The molecule has 20 heavy (non-hydrogen) atoms. The fourth-order valence-corrected chi connectivity index (χ4v) is 2.82. The van der Waals surface area contributed by atoms with Gasteiger partial charge >= 0.3 is 0 Å². The van der Waals surface area contributed by atoms with Crippen molar-refractivity contribution in [2.24, 2.45) is 0 Å². The number of piperazine rings is 1. The Bertz CT molecular complexity index is 564. The molecular weight excluding hydrogens is 250 g/mol. The van der Waals surface area contributed by atoms with Crippen LogP contribution >= 0.6 is 0 Å². The predicted molar refractivity (Wildman–Crippen MR) is 78.8 cm³/mol. The Morgan fingerprint density at radius 1 is 1.40 bits per heavy atom. The molecule has 0 bridgehead atoms. The highest BCUT2D eigenvalue weighted by Crippen LogP contribution is 2.16. The molecule has 0 unspecified atom stereocenters. The molecule has 1 atom stereocenters. The third kappa shape index (κ3) is 2.89. The van der Waals surface area contributed by atoms with Gasteiger partial charge in [0.2, 0.25) is 0 Å². The van der Waals surface area contributed by atoms with Gasteiger partial charge in [0.1, 0.15) is 12.7 Å². The van der Waals surface area contributed by atoms with Crippen LogP contribution in [0.3, 0.4) is 0 Å². The van der Waals surface area contributed by atoms with Crippen molar-refractivity contribution in [3.05, 3.63) is 42.0 Å². The van der Waals surface area contributed by atoms with Crippen molar-refractivity contribution in [3.8, 4) is 5.69 Å². The van der Waals surface area contributed by atoms with Crippen LogP contribution in [-0.2, 0) is 6.54 Å². The Balaban J connectivity index is 1.74. The number of hydrogen-bond donors (Lipinski definition) is 1. The van der Waals surface area contributed by atoms with E-state index in [0.717, 1.165) is 31.9 Å². The zero-order chi connectivity index (χ0) is 13.9. The van der Waals surface area contributed by atoms with Crippen LogP contribution in [0, 0.1) is 6.92 Å². The lowest BCUT2D eigenvalue weighted by atomic mass is 10.1. The van der Waals surface area contributed by atoms with Crippen LogP contribution in [0.2, 0.25) is 0 Å². The van der Waals surface area contributed by atoms with Gasteiger partial charge in [-0.05, 0) is 31.0 Å². The molecular formula is C15H21N5. The second-order valence-electron chi connectivity index (χ2n) is 5.55. The molecule has 1 N–H and O–H groups in total. The summed E-state index contributed by atoms with van der Waals surface area (Å²) in [6.07, 6.45) is 3.30. The molecule has 3 rings (SSSR count). The van der Waals surface area contributed by atoms with Crippen molar-refractivity contribution in [2.75, 3.05) is 19.6 Å². The molecule has 2 heterocycles. The predicted octanol–water partition coefficient (Wildman–Crippen LogP) is 1.37. The molecule has 0 radical (unpaired) electrons. The van der Waals surface area contributed by atoms with Gasteiger partial charge in [-0.15, -0.1) is 0 Å². The van der Waals surface area contributed by atoms with Gasteiger partial charge in [0.25, 0.3) is 0 Å². The minimum atomic E-state index is 0.583. The number of nitrogens with zero attached hydrogens (tertiary/aromatic N) is 4. The van der Waals surface area contributed by atoms with Crippen molar-refractivity contribution in [1.82, 2.24) is 25.0 Å². The van der Waals surface area contributed by atoms with Gasteiger partial charge in [0, 0.05) is 32.2 Å². The van der Waals surface area contributed by atoms with E-state index >= 15 is 0 Å². The summed E-state index contributed by atoms with van der Waals surface area (Å²) < 4.78 is 1.81. The highest BCUT2D eigenvalue weighted by atomic mass is 15.3. The maximum absolute atomic E-state index is 4.19. The molecule has 0 amide bonds. The standard InChI is InChI=1S/C15H21N5/c1-12-7-14(9-19-6-5-17-13(2)8-19)3-4-15(12)20-11-16-10-18-20/h3-4,7,10-11,13,17H,5-6,8-9H2,1-2H3/t13-/m1/s1. The van der Waals surface area contributed by atoms with Crippen molar-refractivity contribution >= 4 is 0 Å². The molecule has 1 aliphatic heterocycles. The number of aryl methyl sites for hydroxylation is 1. The molecule has 5 heteroatoms. The molecule has 0 saturated carbocycles. The third-order valence-corrected chi connectivity index (χ3v) is 3.79. The van der Waals surface area contributed by atoms with Crippen molar-refractivity contribution < 1.29 is 0 Å². The molecule has 1 saturated heterocycles. The fourth-order valence-electron chi connectivity index (χ4n) is 2.82. The lowest BCUT2D eigenvalue weighted by molar-refractivity contribution is 0.199. The highest BCUT2D eigenvalue weighted by molar-refractivity contribution is 5.41. The quantitative estimate of drug-likeness (QED) is 0.916. The normalized spacial score (nSPS) is 20.2. The van der Waals surface area contributed by atoms with Crippen LogP contribution in [0.15, 0.2) is 30.9 Å². The molecule has 106 valence electrons. The van der Waals surface area contributed by atoms with E-state index in [0.29, 0.717) is 6.04 Å². The zero-order valence-electron chi connectivity index (χ0n) is 12.1. The first-order valence-corrected chi connectivity index (χ1v) is 7.12. The van der Waals surface area contributed by atoms with Crippen LogP contribution in [0.1, 0.15) is 18.1 Å². The van der Waals surface area contributed by atoms with Gasteiger partial charge in [-0.1, -0.05) is 12.1 Å². The minimum absolute atomic E-state index is 0.583. The van der Waals surface area contributed by atoms with E-state index in [1.165, 1.54) is 11.1 Å². The fraction of sp³-hybridized carbons (Fsp3) is 0.467. The molecule has 5 nitrogen and oxygen atoms in total. The van der Waals surface area contributed by atoms with Crippen molar-refractivity contribution in [1.29, 1.82) is 0 Å². The Kier molecular flexibility index (Phi) is 3.80. The lowest BCUT2D eigenvalue weighted by Gasteiger charge is -2.31. The summed E-state index contributed by atoms with van der Waals surface area (Å²) in [5, 5.41) is 7.67. The Morgan fingerprint density at radius 3 is 3.00 bits per heavy atom. The van der Waals surface area contributed by atoms with E-state index < -0.39 is 0 Å². The molecule has 1 aromatic heterocycles. The molecule has 1 aromatic carbocycles. The summed E-state index contributed by atoms with van der Waals surface area (Å²) >= 11 is 0. The van der Waals surface area contributed by atoms with E-state index in [-0.39, 0.29) is 0 Å². The minimum Gasteiger partial charge on any atom is -0.312 e. The first-order valence-electron chi connectivity index (χ1n) is 7.12. The van der Waals surface area contributed by atoms with E-state index in [9.17, 15) is 0 Å². The number of aromatic nitrogens is 3. The largest absolute Gasteiger partial charge is 0.312 e. The van der Waals surface area contributed by atoms with E-state index in [1.54, 1.807) is 12.7 Å². The van der Waals surface area contributed by atoms with Crippen LogP contribution in [0.5, 0.6) is 0 Å². The Morgan fingerprint density at radius 2 is 2.30 bits per heavy atom. The summed E-state index contributed by atoms with van der Waals surface area (Å²) in [5.41, 5.74) is 3.69. The highest BCUT2D eigenvalue weighted by Gasteiger charge is 2.15. The van der Waals surface area contributed by atoms with Crippen LogP contribution in [0.25, 0.3) is 5.69 Å². The monoisotopic (exact) mass is 271 g/mol. The van der Waals surface area contributed by atoms with Crippen LogP contribution in [0.4, 0.5) is 0 Å². The average Bonchev–Trinajstić information content (AvgIpc) is 2.92. The van der Waals surface area contributed by atoms with Gasteiger partial charge in [0.05, 0.1) is 5.69 Å². The second kappa shape index (κ2) is 5.73. The molecule has 0 spiro atoms. The van der Waals surface area contributed by atoms with Crippen molar-refractivity contribution in [3.63, 3.8) is 0 Å². The number of nitrogens with one attached hydrogen (secondary N) is 1. The van der Waals surface area contributed by atoms with E-state index in [1.807, 2.05) is 4.68 Å². The molecule has 2 aromatic rings. The van der Waals surface area contributed by atoms with Crippen LogP contribution in [-0.4, -0.2) is 45.3 Å². The zero-order valence-corrected chi connectivity index (χ0v) is 12.1. The van der Waals surface area contributed by atoms with Crippen LogP contribution < -0.4 is 5.32 Å². The maximum atomic E-state index is 4.19. The SMILES string of the molecule is Cc1cc(CN2CCN[C@H](C)C2)ccc1-n1cncn1. The first-order chi connectivity index (χ1) is 9.72. The number of rotatable bonds is 3. The lowest BCUT2D eigenvalue weighted by Crippen LogP contribution is -2.48. The second-order valence-corrected chi connectivity index (χ2v) is 5.55. The average molecular weight is 271 g/mol. The first kappa shape index (κ1) is 13.3. The molecule has 1 aliphatic rings. The summed E-state index contributed by atoms with van der Waals surface area (Å²) in [4.78, 5) is 6.51. The van der Waals surface area contributed by atoms with Gasteiger partial charge in [-0.2, -0.15) is 5.10 Å². The Hall–Kier alpha value is -1.72. The topological polar surface area (TPSA) is 46.0 Å². The Labute approximate surface area is 119 Å². The van der Waals surface area contributed by atoms with Gasteiger partial charge in [-0.25, -0.2) is 9.67 Å². The molecule has 0 aliphatic carbocycles. The number of benzene rings is 1. The summed E-state index contributed by atoms with van der Waals surface area (Å²) in [6.45, 7) is 8.70. The summed E-state index contributed by atoms with van der Waals surface area (Å²) in [7, 11) is 0. The number of hydrogen-bond acceptors (Lipinski definition) is 4. The smallest absolute Gasteiger partial charge is 0.138 e. The molecule has 1 fully saturated rings. The van der Waals surface area contributed by atoms with E-state index in [4.69, 9.17) is 0 Å². The summed E-state index contributed by atoms with van der Waals surface area (Å²) in [5.74, 6) is 0.